The van der Waals surface area contributed by atoms with E-state index >= 15 is 0 Å². The molecular weight excluding hydrogens is 232 g/mol. The Hall–Kier alpha value is -1.14. The van der Waals surface area contributed by atoms with E-state index in [2.05, 4.69) is 10.2 Å². The van der Waals surface area contributed by atoms with Crippen LogP contribution in [-0.4, -0.2) is 60.5 Å². The van der Waals surface area contributed by atoms with Crippen LogP contribution in [0, 0.1) is 5.92 Å². The molecular formula is C12H22N4O2. The van der Waals surface area contributed by atoms with Gasteiger partial charge in [0.25, 0.3) is 0 Å². The van der Waals surface area contributed by atoms with Gasteiger partial charge in [0.15, 0.2) is 0 Å². The third-order valence-electron chi connectivity index (χ3n) is 3.86. The molecule has 0 saturated carbocycles. The molecule has 18 heavy (non-hydrogen) atoms. The van der Waals surface area contributed by atoms with Crippen LogP contribution in [0.2, 0.25) is 0 Å². The summed E-state index contributed by atoms with van der Waals surface area (Å²) < 4.78 is 0. The van der Waals surface area contributed by atoms with Gasteiger partial charge in [-0.2, -0.15) is 0 Å². The van der Waals surface area contributed by atoms with E-state index in [1.54, 1.807) is 0 Å². The molecule has 2 rings (SSSR count). The topological polar surface area (TPSA) is 78.7 Å². The van der Waals surface area contributed by atoms with Gasteiger partial charge >= 0.3 is 6.03 Å². The van der Waals surface area contributed by atoms with Crippen molar-refractivity contribution in [2.45, 2.75) is 25.8 Å². The highest BCUT2D eigenvalue weighted by Crippen LogP contribution is 2.18. The van der Waals surface area contributed by atoms with Gasteiger partial charge in [0, 0.05) is 25.7 Å². The summed E-state index contributed by atoms with van der Waals surface area (Å²) in [6, 6.07) is -0.0507. The Bertz CT molecular complexity index is 316. The fraction of sp³-hybridized carbons (Fsp3) is 0.833. The fourth-order valence-corrected chi connectivity index (χ4v) is 2.65. The van der Waals surface area contributed by atoms with Crippen molar-refractivity contribution in [1.82, 2.24) is 15.1 Å². The van der Waals surface area contributed by atoms with Crippen molar-refractivity contribution < 1.29 is 9.59 Å². The van der Waals surface area contributed by atoms with Gasteiger partial charge in [0.2, 0.25) is 5.91 Å². The van der Waals surface area contributed by atoms with Crippen LogP contribution in [0.1, 0.15) is 19.8 Å². The predicted molar refractivity (Wildman–Crippen MR) is 67.9 cm³/mol. The maximum Gasteiger partial charge on any atom is 0.324 e. The van der Waals surface area contributed by atoms with Gasteiger partial charge in [-0.25, -0.2) is 4.79 Å². The number of carbonyl (C=O) groups is 2. The van der Waals surface area contributed by atoms with E-state index in [1.165, 1.54) is 11.3 Å². The van der Waals surface area contributed by atoms with Crippen molar-refractivity contribution in [2.75, 3.05) is 32.7 Å². The van der Waals surface area contributed by atoms with Gasteiger partial charge in [-0.1, -0.05) is 0 Å². The van der Waals surface area contributed by atoms with Gasteiger partial charge in [-0.3, -0.25) is 9.69 Å². The average Bonchev–Trinajstić information content (AvgIpc) is 2.67. The largest absolute Gasteiger partial charge is 0.329 e. The SMILES string of the molecule is CC(N)C1CCCN(CCN2C(=O)CNC2=O)C1. The van der Waals surface area contributed by atoms with Gasteiger partial charge in [-0.05, 0) is 32.2 Å². The van der Waals surface area contributed by atoms with E-state index < -0.39 is 0 Å². The fourth-order valence-electron chi connectivity index (χ4n) is 2.65. The summed E-state index contributed by atoms with van der Waals surface area (Å²) in [5, 5.41) is 2.53. The molecule has 0 aromatic rings. The summed E-state index contributed by atoms with van der Waals surface area (Å²) in [6.07, 6.45) is 2.32. The van der Waals surface area contributed by atoms with Crippen molar-refractivity contribution in [2.24, 2.45) is 11.7 Å². The Labute approximate surface area is 107 Å². The molecule has 2 saturated heterocycles. The number of urea groups is 1. The molecule has 0 spiro atoms. The van der Waals surface area contributed by atoms with Crippen molar-refractivity contribution in [3.63, 3.8) is 0 Å². The number of likely N-dealkylation sites (tertiary alicyclic amines) is 1. The number of nitrogens with zero attached hydrogens (tertiary/aromatic N) is 2. The third kappa shape index (κ3) is 3.00. The molecule has 0 aliphatic carbocycles. The van der Waals surface area contributed by atoms with Crippen LogP contribution in [0.25, 0.3) is 0 Å². The second-order valence-electron chi connectivity index (χ2n) is 5.27. The minimum absolute atomic E-state index is 0.124. The highest BCUT2D eigenvalue weighted by atomic mass is 16.2. The molecule has 2 aliphatic heterocycles. The van der Waals surface area contributed by atoms with E-state index in [-0.39, 0.29) is 24.5 Å². The minimum atomic E-state index is -0.263. The van der Waals surface area contributed by atoms with Gasteiger partial charge in [-0.15, -0.1) is 0 Å². The number of hydrogen-bond acceptors (Lipinski definition) is 4. The van der Waals surface area contributed by atoms with Crippen LogP contribution >= 0.6 is 0 Å². The Morgan fingerprint density at radius 3 is 2.83 bits per heavy atom. The number of hydrogen-bond donors (Lipinski definition) is 2. The molecule has 3 amide bonds. The Kier molecular flexibility index (Phi) is 4.19. The molecule has 0 aromatic heterocycles. The average molecular weight is 254 g/mol. The molecule has 3 N–H and O–H groups in total. The molecule has 2 aliphatic rings. The summed E-state index contributed by atoms with van der Waals surface area (Å²) in [6.45, 7) is 5.43. The van der Waals surface area contributed by atoms with Gasteiger partial charge in [0.05, 0.1) is 6.54 Å². The van der Waals surface area contributed by atoms with Crippen LogP contribution in [0.4, 0.5) is 4.79 Å². The molecule has 2 fully saturated rings. The first-order valence-electron chi connectivity index (χ1n) is 6.64. The van der Waals surface area contributed by atoms with E-state index in [1.807, 2.05) is 6.92 Å². The van der Waals surface area contributed by atoms with Crippen LogP contribution in [0.15, 0.2) is 0 Å². The molecule has 2 atom stereocenters. The Morgan fingerprint density at radius 1 is 1.44 bits per heavy atom. The van der Waals surface area contributed by atoms with Crippen molar-refractivity contribution >= 4 is 11.9 Å². The van der Waals surface area contributed by atoms with Crippen LogP contribution in [0.3, 0.4) is 0 Å². The second-order valence-corrected chi connectivity index (χ2v) is 5.27. The first-order valence-corrected chi connectivity index (χ1v) is 6.64. The highest BCUT2D eigenvalue weighted by Gasteiger charge is 2.29. The molecule has 6 nitrogen and oxygen atoms in total. The number of piperidine rings is 1. The lowest BCUT2D eigenvalue weighted by molar-refractivity contribution is -0.125. The zero-order valence-electron chi connectivity index (χ0n) is 10.9. The summed E-state index contributed by atoms with van der Waals surface area (Å²) in [5.74, 6) is 0.405. The van der Waals surface area contributed by atoms with Gasteiger partial charge in [0.1, 0.15) is 0 Å². The number of amides is 3. The lowest BCUT2D eigenvalue weighted by atomic mass is 9.92. The first kappa shape index (κ1) is 13.3. The monoisotopic (exact) mass is 254 g/mol. The van der Waals surface area contributed by atoms with E-state index in [0.29, 0.717) is 12.5 Å². The van der Waals surface area contributed by atoms with Crippen LogP contribution in [0.5, 0.6) is 0 Å². The molecule has 0 aromatic carbocycles. The summed E-state index contributed by atoms with van der Waals surface area (Å²) in [5.41, 5.74) is 5.94. The molecule has 0 bridgehead atoms. The first-order chi connectivity index (χ1) is 8.58. The zero-order chi connectivity index (χ0) is 13.1. The lowest BCUT2D eigenvalue weighted by Crippen LogP contribution is -2.46. The van der Waals surface area contributed by atoms with Gasteiger partial charge < -0.3 is 16.0 Å². The van der Waals surface area contributed by atoms with E-state index in [9.17, 15) is 9.59 Å². The predicted octanol–water partition coefficient (Wildman–Crippen LogP) is -0.403. The van der Waals surface area contributed by atoms with E-state index in [4.69, 9.17) is 5.73 Å². The molecule has 0 radical (unpaired) electrons. The maximum absolute atomic E-state index is 11.4. The summed E-state index contributed by atoms with van der Waals surface area (Å²) in [4.78, 5) is 26.4. The summed E-state index contributed by atoms with van der Waals surface area (Å²) >= 11 is 0. The van der Waals surface area contributed by atoms with Crippen molar-refractivity contribution in [3.05, 3.63) is 0 Å². The number of carbonyl (C=O) groups excluding carboxylic acids is 2. The molecule has 2 unspecified atom stereocenters. The number of nitrogens with one attached hydrogen (secondary N) is 1. The Balaban J connectivity index is 1.79. The third-order valence-corrected chi connectivity index (χ3v) is 3.86. The second kappa shape index (κ2) is 5.67. The highest BCUT2D eigenvalue weighted by molar-refractivity contribution is 6.01. The summed E-state index contributed by atoms with van der Waals surface area (Å²) in [7, 11) is 0. The molecule has 2 heterocycles. The van der Waals surface area contributed by atoms with Crippen molar-refractivity contribution in [3.8, 4) is 0 Å². The zero-order valence-corrected chi connectivity index (χ0v) is 10.9. The lowest BCUT2D eigenvalue weighted by Gasteiger charge is -2.35. The number of rotatable bonds is 4. The number of imide groups is 1. The maximum atomic E-state index is 11.4. The molecule has 102 valence electrons. The van der Waals surface area contributed by atoms with Crippen molar-refractivity contribution in [1.29, 1.82) is 0 Å². The van der Waals surface area contributed by atoms with Crippen LogP contribution < -0.4 is 11.1 Å². The minimum Gasteiger partial charge on any atom is -0.329 e. The normalized spacial score (nSPS) is 27.4. The van der Waals surface area contributed by atoms with Crippen LogP contribution in [-0.2, 0) is 4.79 Å². The smallest absolute Gasteiger partial charge is 0.324 e. The Morgan fingerprint density at radius 2 is 2.22 bits per heavy atom. The standard InChI is InChI=1S/C12H22N4O2/c1-9(13)10-3-2-4-15(8-10)5-6-16-11(17)7-14-12(16)18/h9-10H,2-8,13H2,1H3,(H,14,18). The van der Waals surface area contributed by atoms with E-state index in [0.717, 1.165) is 26.1 Å². The number of nitrogens with two attached hydrogens (primary N) is 1. The molecule has 6 heteroatoms. The quantitative estimate of drug-likeness (QED) is 0.669.